The summed E-state index contributed by atoms with van der Waals surface area (Å²) in [6.45, 7) is 5.87. The number of benzene rings is 1. The summed E-state index contributed by atoms with van der Waals surface area (Å²) in [5, 5.41) is 13.5. The van der Waals surface area contributed by atoms with Crippen LogP contribution < -0.4 is 4.74 Å². The van der Waals surface area contributed by atoms with Crippen LogP contribution in [0.15, 0.2) is 24.4 Å². The Labute approximate surface area is 117 Å². The van der Waals surface area contributed by atoms with Crippen molar-refractivity contribution in [2.45, 2.75) is 26.7 Å². The minimum absolute atomic E-state index is 0.0359. The summed E-state index contributed by atoms with van der Waals surface area (Å²) in [6.07, 6.45) is 1.39. The van der Waals surface area contributed by atoms with Gasteiger partial charge in [-0.05, 0) is 30.5 Å². The number of hydrogen-bond acceptors (Lipinski definition) is 3. The van der Waals surface area contributed by atoms with Crippen LogP contribution in [0.5, 0.6) is 5.75 Å². The Morgan fingerprint density at radius 2 is 2.10 bits per heavy atom. The van der Waals surface area contributed by atoms with Gasteiger partial charge in [-0.15, -0.1) is 0 Å². The van der Waals surface area contributed by atoms with E-state index in [0.717, 1.165) is 11.3 Å². The zero-order valence-corrected chi connectivity index (χ0v) is 12.0. The smallest absolute Gasteiger partial charge is 0.339 e. The van der Waals surface area contributed by atoms with Crippen molar-refractivity contribution >= 4 is 5.97 Å². The third kappa shape index (κ3) is 2.39. The number of hydrogen-bond donors (Lipinski definition) is 1. The van der Waals surface area contributed by atoms with Crippen molar-refractivity contribution in [3.8, 4) is 11.4 Å². The molecule has 0 saturated heterocycles. The summed E-state index contributed by atoms with van der Waals surface area (Å²) < 4.78 is 7.00. The second kappa shape index (κ2) is 5.36. The molecule has 0 aliphatic rings. The van der Waals surface area contributed by atoms with E-state index in [-0.39, 0.29) is 11.5 Å². The fourth-order valence-electron chi connectivity index (χ4n) is 2.24. The number of ether oxygens (including phenoxy) is 1. The van der Waals surface area contributed by atoms with Gasteiger partial charge in [0.15, 0.2) is 0 Å². The van der Waals surface area contributed by atoms with Gasteiger partial charge in [0.2, 0.25) is 0 Å². The molecule has 1 N–H and O–H groups in total. The summed E-state index contributed by atoms with van der Waals surface area (Å²) in [6, 6.07) is 5.74. The molecule has 1 aromatic heterocycles. The van der Waals surface area contributed by atoms with Gasteiger partial charge < -0.3 is 9.84 Å². The molecular weight excluding hydrogens is 256 g/mol. The molecule has 5 heteroatoms. The highest BCUT2D eigenvalue weighted by atomic mass is 16.5. The molecule has 0 aliphatic carbocycles. The van der Waals surface area contributed by atoms with Gasteiger partial charge in [-0.25, -0.2) is 9.48 Å². The Bertz CT molecular complexity index is 645. The average Bonchev–Trinajstić information content (AvgIpc) is 2.83. The van der Waals surface area contributed by atoms with Gasteiger partial charge in [-0.3, -0.25) is 0 Å². The number of aromatic carboxylic acids is 1. The zero-order valence-electron chi connectivity index (χ0n) is 12.0. The third-order valence-corrected chi connectivity index (χ3v) is 3.15. The molecule has 2 rings (SSSR count). The Hall–Kier alpha value is -2.30. The molecule has 1 aromatic carbocycles. The molecule has 5 nitrogen and oxygen atoms in total. The van der Waals surface area contributed by atoms with Gasteiger partial charge in [0.05, 0.1) is 19.0 Å². The number of carbonyl (C=O) groups is 1. The van der Waals surface area contributed by atoms with Gasteiger partial charge in [0, 0.05) is 0 Å². The Kier molecular flexibility index (Phi) is 3.79. The topological polar surface area (TPSA) is 64.4 Å². The molecule has 106 valence electrons. The van der Waals surface area contributed by atoms with Crippen LogP contribution >= 0.6 is 0 Å². The highest BCUT2D eigenvalue weighted by Gasteiger charge is 2.21. The number of aromatic nitrogens is 2. The lowest BCUT2D eigenvalue weighted by molar-refractivity contribution is 0.0695. The predicted octanol–water partition coefficient (Wildman–Crippen LogP) is 3.01. The molecule has 0 atom stereocenters. The lowest BCUT2D eigenvalue weighted by Gasteiger charge is -2.15. The van der Waals surface area contributed by atoms with Crippen LogP contribution in [0.1, 0.15) is 41.4 Å². The van der Waals surface area contributed by atoms with E-state index in [2.05, 4.69) is 5.10 Å². The first-order valence-corrected chi connectivity index (χ1v) is 6.42. The molecule has 1 heterocycles. The van der Waals surface area contributed by atoms with E-state index in [1.54, 1.807) is 11.8 Å². The molecular formula is C15H18N2O3. The lowest BCUT2D eigenvalue weighted by atomic mass is 10.1. The van der Waals surface area contributed by atoms with Crippen molar-refractivity contribution < 1.29 is 14.6 Å². The van der Waals surface area contributed by atoms with E-state index < -0.39 is 5.97 Å². The second-order valence-electron chi connectivity index (χ2n) is 4.99. The molecule has 0 fully saturated rings. The van der Waals surface area contributed by atoms with Crippen LogP contribution in [0.3, 0.4) is 0 Å². The highest BCUT2D eigenvalue weighted by Crippen LogP contribution is 2.29. The van der Waals surface area contributed by atoms with Crippen LogP contribution in [0.25, 0.3) is 5.69 Å². The van der Waals surface area contributed by atoms with Crippen molar-refractivity contribution in [3.05, 3.63) is 41.2 Å². The van der Waals surface area contributed by atoms with Gasteiger partial charge >= 0.3 is 5.97 Å². The maximum absolute atomic E-state index is 11.3. The molecule has 0 aliphatic heterocycles. The number of aryl methyl sites for hydroxylation is 1. The SMILES string of the molecule is COc1ccc(C)cc1-n1ncc(C(=O)O)c1C(C)C. The highest BCUT2D eigenvalue weighted by molar-refractivity contribution is 5.89. The van der Waals surface area contributed by atoms with Crippen molar-refractivity contribution in [2.24, 2.45) is 0 Å². The number of methoxy groups -OCH3 is 1. The van der Waals surface area contributed by atoms with Crippen LogP contribution in [0, 0.1) is 6.92 Å². The van der Waals surface area contributed by atoms with Gasteiger partial charge in [-0.1, -0.05) is 19.9 Å². The number of carboxylic acid groups (broad SMARTS) is 1. The number of rotatable bonds is 4. The van der Waals surface area contributed by atoms with E-state index in [0.29, 0.717) is 11.4 Å². The minimum Gasteiger partial charge on any atom is -0.494 e. The lowest BCUT2D eigenvalue weighted by Crippen LogP contribution is -2.09. The summed E-state index contributed by atoms with van der Waals surface area (Å²) in [5.74, 6) is -0.266. The molecule has 0 bridgehead atoms. The maximum Gasteiger partial charge on any atom is 0.339 e. The molecule has 0 saturated carbocycles. The van der Waals surface area contributed by atoms with Crippen molar-refractivity contribution in [1.82, 2.24) is 9.78 Å². The van der Waals surface area contributed by atoms with Crippen molar-refractivity contribution in [3.63, 3.8) is 0 Å². The molecule has 0 radical (unpaired) electrons. The largest absolute Gasteiger partial charge is 0.494 e. The van der Waals surface area contributed by atoms with Crippen LogP contribution in [-0.2, 0) is 0 Å². The molecule has 20 heavy (non-hydrogen) atoms. The van der Waals surface area contributed by atoms with Crippen molar-refractivity contribution in [2.75, 3.05) is 7.11 Å². The number of nitrogens with zero attached hydrogens (tertiary/aromatic N) is 2. The van der Waals surface area contributed by atoms with Crippen LogP contribution in [-0.4, -0.2) is 28.0 Å². The predicted molar refractivity (Wildman–Crippen MR) is 75.9 cm³/mol. The summed E-state index contributed by atoms with van der Waals surface area (Å²) in [4.78, 5) is 11.3. The second-order valence-corrected chi connectivity index (χ2v) is 4.99. The van der Waals surface area contributed by atoms with Crippen LogP contribution in [0.2, 0.25) is 0 Å². The van der Waals surface area contributed by atoms with Gasteiger partial charge in [-0.2, -0.15) is 5.10 Å². The quantitative estimate of drug-likeness (QED) is 0.930. The Balaban J connectivity index is 2.70. The fourth-order valence-corrected chi connectivity index (χ4v) is 2.24. The zero-order chi connectivity index (χ0) is 14.9. The molecule has 0 amide bonds. The standard InChI is InChI=1S/C15H18N2O3/c1-9(2)14-11(15(18)19)8-16-17(14)12-7-10(3)5-6-13(12)20-4/h5-9H,1-4H3,(H,18,19). The van der Waals surface area contributed by atoms with E-state index >= 15 is 0 Å². The first-order valence-electron chi connectivity index (χ1n) is 6.42. The average molecular weight is 274 g/mol. The molecule has 0 spiro atoms. The number of carboxylic acids is 1. The Morgan fingerprint density at radius 3 is 2.65 bits per heavy atom. The first-order chi connectivity index (χ1) is 9.45. The Morgan fingerprint density at radius 1 is 1.40 bits per heavy atom. The minimum atomic E-state index is -0.966. The van der Waals surface area contributed by atoms with E-state index in [4.69, 9.17) is 4.74 Å². The monoisotopic (exact) mass is 274 g/mol. The maximum atomic E-state index is 11.3. The normalized spacial score (nSPS) is 10.8. The summed E-state index contributed by atoms with van der Waals surface area (Å²) >= 11 is 0. The van der Waals surface area contributed by atoms with Crippen LogP contribution in [0.4, 0.5) is 0 Å². The molecule has 2 aromatic rings. The first kappa shape index (κ1) is 14.1. The molecule has 0 unspecified atom stereocenters. The van der Waals surface area contributed by atoms with E-state index in [9.17, 15) is 9.90 Å². The van der Waals surface area contributed by atoms with E-state index in [1.165, 1.54) is 6.20 Å². The van der Waals surface area contributed by atoms with Gasteiger partial charge in [0.1, 0.15) is 17.0 Å². The summed E-state index contributed by atoms with van der Waals surface area (Å²) in [5.41, 5.74) is 2.71. The summed E-state index contributed by atoms with van der Waals surface area (Å²) in [7, 11) is 1.59. The van der Waals surface area contributed by atoms with Crippen molar-refractivity contribution in [1.29, 1.82) is 0 Å². The fraction of sp³-hybridized carbons (Fsp3) is 0.333. The third-order valence-electron chi connectivity index (χ3n) is 3.15. The van der Waals surface area contributed by atoms with Gasteiger partial charge in [0.25, 0.3) is 0 Å². The van der Waals surface area contributed by atoms with E-state index in [1.807, 2.05) is 39.0 Å².